The third-order valence-corrected chi connectivity index (χ3v) is 4.34. The van der Waals surface area contributed by atoms with Crippen molar-refractivity contribution in [2.45, 2.75) is 6.04 Å². The van der Waals surface area contributed by atoms with Gasteiger partial charge < -0.3 is 5.32 Å². The first-order valence-corrected chi connectivity index (χ1v) is 7.67. The molecule has 6 heteroatoms. The van der Waals surface area contributed by atoms with Crippen LogP contribution in [0.5, 0.6) is 0 Å². The highest BCUT2D eigenvalue weighted by Gasteiger charge is 2.21. The van der Waals surface area contributed by atoms with Crippen molar-refractivity contribution in [3.05, 3.63) is 64.7 Å². The molecule has 0 spiro atoms. The Morgan fingerprint density at radius 3 is 2.67 bits per heavy atom. The minimum absolute atomic E-state index is 0.000962. The van der Waals surface area contributed by atoms with E-state index in [-0.39, 0.29) is 16.8 Å². The van der Waals surface area contributed by atoms with Crippen LogP contribution in [0.4, 0.5) is 14.5 Å². The first-order valence-electron chi connectivity index (χ1n) is 6.30. The summed E-state index contributed by atoms with van der Waals surface area (Å²) in [5.41, 5.74) is 1.16. The lowest BCUT2D eigenvalue weighted by atomic mass is 10.1. The van der Waals surface area contributed by atoms with Crippen LogP contribution in [0.1, 0.15) is 11.6 Å². The molecule has 0 bridgehead atoms. The van der Waals surface area contributed by atoms with Crippen LogP contribution >= 0.6 is 23.4 Å². The molecule has 108 valence electrons. The van der Waals surface area contributed by atoms with Crippen molar-refractivity contribution < 1.29 is 8.78 Å². The number of nitrogens with zero attached hydrogens (tertiary/aromatic N) is 1. The van der Waals surface area contributed by atoms with E-state index in [1.165, 1.54) is 11.8 Å². The fourth-order valence-corrected chi connectivity index (χ4v) is 3.26. The number of aliphatic imine (C=N–C) groups is 1. The van der Waals surface area contributed by atoms with E-state index in [2.05, 4.69) is 10.3 Å². The van der Waals surface area contributed by atoms with Crippen LogP contribution < -0.4 is 5.32 Å². The van der Waals surface area contributed by atoms with Crippen molar-refractivity contribution in [3.63, 3.8) is 0 Å². The molecule has 0 saturated carbocycles. The number of benzene rings is 2. The number of anilines is 1. The maximum absolute atomic E-state index is 13.7. The summed E-state index contributed by atoms with van der Waals surface area (Å²) < 4.78 is 26.8. The predicted octanol–water partition coefficient (Wildman–Crippen LogP) is 4.87. The molecule has 1 aliphatic rings. The Hall–Kier alpha value is -1.59. The van der Waals surface area contributed by atoms with Crippen LogP contribution in [0.15, 0.2) is 47.5 Å². The van der Waals surface area contributed by atoms with Crippen molar-refractivity contribution in [2.24, 2.45) is 4.99 Å². The van der Waals surface area contributed by atoms with Crippen LogP contribution in [0.25, 0.3) is 0 Å². The summed E-state index contributed by atoms with van der Waals surface area (Å²) in [5.74, 6) is -0.662. The molecule has 0 amide bonds. The van der Waals surface area contributed by atoms with Crippen LogP contribution in [0.3, 0.4) is 0 Å². The summed E-state index contributed by atoms with van der Waals surface area (Å²) >= 11 is 7.34. The molecular formula is C15H11ClF2N2S. The average molecular weight is 325 g/mol. The third kappa shape index (κ3) is 3.19. The molecule has 1 atom stereocenters. The van der Waals surface area contributed by atoms with Crippen molar-refractivity contribution in [1.82, 2.24) is 0 Å². The second-order valence-corrected chi connectivity index (χ2v) is 5.96. The van der Waals surface area contributed by atoms with Crippen LogP contribution in [-0.4, -0.2) is 10.9 Å². The van der Waals surface area contributed by atoms with Gasteiger partial charge in [-0.1, -0.05) is 53.7 Å². The first-order chi connectivity index (χ1) is 10.1. The van der Waals surface area contributed by atoms with Gasteiger partial charge in [0.15, 0.2) is 11.0 Å². The second-order valence-electron chi connectivity index (χ2n) is 4.54. The summed E-state index contributed by atoms with van der Waals surface area (Å²) in [5, 5.41) is 3.42. The number of hydrogen-bond donors (Lipinski definition) is 1. The zero-order chi connectivity index (χ0) is 14.8. The van der Waals surface area contributed by atoms with Crippen molar-refractivity contribution in [1.29, 1.82) is 0 Å². The second kappa shape index (κ2) is 6.03. The lowest BCUT2D eigenvalue weighted by Crippen LogP contribution is -2.07. The third-order valence-electron chi connectivity index (χ3n) is 3.07. The Labute approximate surface area is 130 Å². The van der Waals surface area contributed by atoms with Gasteiger partial charge in [0.2, 0.25) is 0 Å². The Morgan fingerprint density at radius 2 is 1.95 bits per heavy atom. The normalized spacial score (nSPS) is 17.7. The highest BCUT2D eigenvalue weighted by atomic mass is 35.5. The fourth-order valence-electron chi connectivity index (χ4n) is 2.06. The Morgan fingerprint density at radius 1 is 1.19 bits per heavy atom. The molecule has 3 rings (SSSR count). The zero-order valence-electron chi connectivity index (χ0n) is 10.8. The molecule has 21 heavy (non-hydrogen) atoms. The topological polar surface area (TPSA) is 24.4 Å². The number of rotatable bonds is 2. The number of hydrogen-bond acceptors (Lipinski definition) is 3. The van der Waals surface area contributed by atoms with Crippen molar-refractivity contribution in [3.8, 4) is 0 Å². The molecule has 2 aromatic carbocycles. The molecule has 1 heterocycles. The SMILES string of the molecule is Fc1cc(F)c(NC2=NC(c3ccccc3)CS2)c(Cl)c1. The van der Waals surface area contributed by atoms with E-state index in [1.807, 2.05) is 30.3 Å². The van der Waals surface area contributed by atoms with Crippen LogP contribution in [0.2, 0.25) is 5.02 Å². The summed E-state index contributed by atoms with van der Waals surface area (Å²) in [7, 11) is 0. The van der Waals surface area contributed by atoms with Crippen LogP contribution in [0, 0.1) is 11.6 Å². The minimum Gasteiger partial charge on any atom is -0.331 e. The molecule has 1 N–H and O–H groups in total. The molecule has 1 unspecified atom stereocenters. The summed E-state index contributed by atoms with van der Waals surface area (Å²) in [4.78, 5) is 4.51. The van der Waals surface area contributed by atoms with E-state index >= 15 is 0 Å². The highest BCUT2D eigenvalue weighted by Crippen LogP contribution is 2.33. The fraction of sp³-hybridized carbons (Fsp3) is 0.133. The summed E-state index contributed by atoms with van der Waals surface area (Å²) in [6.45, 7) is 0. The van der Waals surface area contributed by atoms with Gasteiger partial charge in [-0.3, -0.25) is 4.99 Å². The van der Waals surface area contributed by atoms with Gasteiger partial charge in [-0.2, -0.15) is 0 Å². The summed E-state index contributed by atoms with van der Waals surface area (Å²) in [6.07, 6.45) is 0. The van der Waals surface area contributed by atoms with Crippen molar-refractivity contribution >= 4 is 34.2 Å². The minimum atomic E-state index is -0.730. The molecule has 2 nitrogen and oxygen atoms in total. The molecule has 0 radical (unpaired) electrons. The molecule has 0 aromatic heterocycles. The molecule has 0 fully saturated rings. The Kier molecular flexibility index (Phi) is 4.12. The first kappa shape index (κ1) is 14.4. The summed E-state index contributed by atoms with van der Waals surface area (Å²) in [6, 6.07) is 11.8. The van der Waals surface area contributed by atoms with Crippen LogP contribution in [-0.2, 0) is 0 Å². The predicted molar refractivity (Wildman–Crippen MR) is 84.1 cm³/mol. The van der Waals surface area contributed by atoms with E-state index in [0.29, 0.717) is 5.17 Å². The number of thioether (sulfide) groups is 1. The molecule has 1 aliphatic heterocycles. The van der Waals surface area contributed by atoms with E-state index in [9.17, 15) is 8.78 Å². The van der Waals surface area contributed by atoms with Gasteiger partial charge >= 0.3 is 0 Å². The standard InChI is InChI=1S/C15H11ClF2N2S/c16-11-6-10(17)7-12(18)14(11)20-15-19-13(8-21-15)9-4-2-1-3-5-9/h1-7,13H,8H2,(H,19,20). The average Bonchev–Trinajstić information content (AvgIpc) is 2.92. The maximum Gasteiger partial charge on any atom is 0.161 e. The Bertz CT molecular complexity index is 668. The Balaban J connectivity index is 1.81. The molecular weight excluding hydrogens is 314 g/mol. The molecule has 2 aromatic rings. The molecule has 0 saturated heterocycles. The monoisotopic (exact) mass is 324 g/mol. The van der Waals surface area contributed by atoms with Gasteiger partial charge in [0.25, 0.3) is 0 Å². The molecule has 0 aliphatic carbocycles. The van der Waals surface area contributed by atoms with Gasteiger partial charge in [0.1, 0.15) is 5.82 Å². The lowest BCUT2D eigenvalue weighted by Gasteiger charge is -2.08. The van der Waals surface area contributed by atoms with Gasteiger partial charge in [0, 0.05) is 11.8 Å². The van der Waals surface area contributed by atoms with Gasteiger partial charge in [-0.15, -0.1) is 0 Å². The van der Waals surface area contributed by atoms with E-state index < -0.39 is 11.6 Å². The van der Waals surface area contributed by atoms with Gasteiger partial charge in [-0.05, 0) is 11.6 Å². The largest absolute Gasteiger partial charge is 0.331 e. The smallest absolute Gasteiger partial charge is 0.161 e. The number of halogens is 3. The number of nitrogens with one attached hydrogen (secondary N) is 1. The maximum atomic E-state index is 13.7. The van der Waals surface area contributed by atoms with E-state index in [0.717, 1.165) is 23.4 Å². The van der Waals surface area contributed by atoms with Gasteiger partial charge in [-0.25, -0.2) is 8.78 Å². The van der Waals surface area contributed by atoms with Crippen molar-refractivity contribution in [2.75, 3.05) is 11.1 Å². The number of amidine groups is 1. The lowest BCUT2D eigenvalue weighted by molar-refractivity contribution is 0.586. The zero-order valence-corrected chi connectivity index (χ0v) is 12.4. The van der Waals surface area contributed by atoms with E-state index in [4.69, 9.17) is 11.6 Å². The highest BCUT2D eigenvalue weighted by molar-refractivity contribution is 8.14. The quantitative estimate of drug-likeness (QED) is 0.852. The van der Waals surface area contributed by atoms with Gasteiger partial charge in [0.05, 0.1) is 16.8 Å². The van der Waals surface area contributed by atoms with E-state index in [1.54, 1.807) is 0 Å².